The number of rotatable bonds is 7. The Morgan fingerprint density at radius 3 is 2.61 bits per heavy atom. The van der Waals surface area contributed by atoms with Gasteiger partial charge in [-0.15, -0.1) is 0 Å². The molecule has 0 spiro atoms. The van der Waals surface area contributed by atoms with E-state index in [9.17, 15) is 10.4 Å². The summed E-state index contributed by atoms with van der Waals surface area (Å²) in [4.78, 5) is 6.75. The van der Waals surface area contributed by atoms with Crippen LogP contribution in [-0.2, 0) is 12.8 Å². The molecule has 1 unspecified atom stereocenters. The molecule has 0 aliphatic carbocycles. The highest BCUT2D eigenvalue weighted by Gasteiger charge is 2.19. The van der Waals surface area contributed by atoms with Gasteiger partial charge in [0.25, 0.3) is 5.89 Å². The van der Waals surface area contributed by atoms with Crippen LogP contribution in [-0.4, -0.2) is 63.6 Å². The summed E-state index contributed by atoms with van der Waals surface area (Å²) >= 11 is 0. The molecule has 1 aromatic heterocycles. The number of nitrogens with zero attached hydrogens (tertiary/aromatic N) is 4. The summed E-state index contributed by atoms with van der Waals surface area (Å²) in [5.41, 5.74) is 5.40. The number of hydrogen-bond acceptors (Lipinski definition) is 8. The predicted octanol–water partition coefficient (Wildman–Crippen LogP) is 2.85. The van der Waals surface area contributed by atoms with E-state index in [-0.39, 0.29) is 12.6 Å². The number of nitriles is 1. The second-order valence-electron chi connectivity index (χ2n) is 8.71. The number of aromatic nitrogens is 2. The number of hydrogen-bond donors (Lipinski definition) is 3. The molecule has 0 bridgehead atoms. The van der Waals surface area contributed by atoms with E-state index in [2.05, 4.69) is 38.6 Å². The largest absolute Gasteiger partial charge is 0.394 e. The lowest BCUT2D eigenvalue weighted by molar-refractivity contribution is 0.0605. The van der Waals surface area contributed by atoms with Crippen molar-refractivity contribution in [1.82, 2.24) is 15.0 Å². The lowest BCUT2D eigenvalue weighted by Gasteiger charge is -2.21. The van der Waals surface area contributed by atoms with Crippen molar-refractivity contribution < 1.29 is 14.7 Å². The molecule has 172 valence electrons. The van der Waals surface area contributed by atoms with Crippen LogP contribution >= 0.6 is 0 Å². The summed E-state index contributed by atoms with van der Waals surface area (Å²) in [7, 11) is 0. The van der Waals surface area contributed by atoms with Crippen LogP contribution in [0.15, 0.2) is 40.9 Å². The van der Waals surface area contributed by atoms with Crippen LogP contribution in [0.5, 0.6) is 0 Å². The predicted molar refractivity (Wildman–Crippen MR) is 126 cm³/mol. The third-order valence-corrected chi connectivity index (χ3v) is 5.80. The maximum absolute atomic E-state index is 9.75. The first-order valence-corrected chi connectivity index (χ1v) is 11.2. The maximum Gasteiger partial charge on any atom is 0.258 e. The van der Waals surface area contributed by atoms with Crippen molar-refractivity contribution in [2.75, 3.05) is 31.6 Å². The van der Waals surface area contributed by atoms with Crippen LogP contribution in [0.3, 0.4) is 0 Å². The molecule has 4 rings (SSSR count). The molecule has 1 aliphatic rings. The molecule has 33 heavy (non-hydrogen) atoms. The molecule has 3 N–H and O–H groups in total. The highest BCUT2D eigenvalue weighted by Crippen LogP contribution is 2.28. The van der Waals surface area contributed by atoms with Gasteiger partial charge in [-0.3, -0.25) is 0 Å². The Kier molecular flexibility index (Phi) is 7.04. The van der Waals surface area contributed by atoms with Gasteiger partial charge in [-0.05, 0) is 62.1 Å². The second kappa shape index (κ2) is 10.1. The molecule has 8 heteroatoms. The quantitative estimate of drug-likeness (QED) is 0.506. The van der Waals surface area contributed by atoms with Gasteiger partial charge in [0.05, 0.1) is 24.0 Å². The summed E-state index contributed by atoms with van der Waals surface area (Å²) < 4.78 is 5.52. The summed E-state index contributed by atoms with van der Waals surface area (Å²) in [6.45, 7) is 5.96. The van der Waals surface area contributed by atoms with Gasteiger partial charge in [0, 0.05) is 36.8 Å². The first kappa shape index (κ1) is 22.9. The van der Waals surface area contributed by atoms with Crippen LogP contribution < -0.4 is 5.32 Å². The number of aliphatic hydroxyl groups excluding tert-OH is 2. The Hall–Kier alpha value is -3.25. The standard InChI is InChI=1S/C25H29N5O3/c1-16(2)27-23-6-5-20(12-21(23)13-26)25-28-24(29-33-25)19-4-3-17-7-9-30(14-22(32)15-31)10-8-18(17)11-19/h3-6,11-12,16,22,27,31-32H,7-10,14-15H2,1-2H3. The Balaban J connectivity index is 1.53. The van der Waals surface area contributed by atoms with Crippen molar-refractivity contribution in [3.63, 3.8) is 0 Å². The second-order valence-corrected chi connectivity index (χ2v) is 8.71. The fourth-order valence-corrected chi connectivity index (χ4v) is 4.11. The summed E-state index contributed by atoms with van der Waals surface area (Å²) in [5, 5.41) is 35.8. The Labute approximate surface area is 193 Å². The van der Waals surface area contributed by atoms with Crippen molar-refractivity contribution in [2.45, 2.75) is 38.8 Å². The van der Waals surface area contributed by atoms with Gasteiger partial charge >= 0.3 is 0 Å². The van der Waals surface area contributed by atoms with E-state index in [0.29, 0.717) is 29.4 Å². The van der Waals surface area contributed by atoms with Gasteiger partial charge in [0.15, 0.2) is 0 Å². The van der Waals surface area contributed by atoms with Gasteiger partial charge < -0.3 is 25.0 Å². The minimum Gasteiger partial charge on any atom is -0.394 e. The number of benzene rings is 2. The molecule has 0 fully saturated rings. The Morgan fingerprint density at radius 2 is 1.88 bits per heavy atom. The topological polar surface area (TPSA) is 118 Å². The summed E-state index contributed by atoms with van der Waals surface area (Å²) in [6.07, 6.45) is 1.03. The Bertz CT molecular complexity index is 1150. The molecule has 0 radical (unpaired) electrons. The van der Waals surface area contributed by atoms with E-state index in [1.807, 2.05) is 32.0 Å². The minimum absolute atomic E-state index is 0.220. The first-order valence-electron chi connectivity index (χ1n) is 11.2. The van der Waals surface area contributed by atoms with Gasteiger partial charge in [-0.2, -0.15) is 10.2 Å². The lowest BCUT2D eigenvalue weighted by Crippen LogP contribution is -2.35. The minimum atomic E-state index is -0.712. The van der Waals surface area contributed by atoms with E-state index in [4.69, 9.17) is 9.63 Å². The van der Waals surface area contributed by atoms with Gasteiger partial charge in [-0.1, -0.05) is 17.3 Å². The smallest absolute Gasteiger partial charge is 0.258 e. The normalized spacial score (nSPS) is 15.0. The van der Waals surface area contributed by atoms with Crippen molar-refractivity contribution in [3.05, 3.63) is 53.1 Å². The Morgan fingerprint density at radius 1 is 1.12 bits per heavy atom. The highest BCUT2D eigenvalue weighted by atomic mass is 16.5. The third-order valence-electron chi connectivity index (χ3n) is 5.80. The van der Waals surface area contributed by atoms with E-state index in [1.54, 1.807) is 6.07 Å². The molecule has 3 aromatic rings. The average Bonchev–Trinajstić information content (AvgIpc) is 3.22. The average molecular weight is 448 g/mol. The highest BCUT2D eigenvalue weighted by molar-refractivity contribution is 5.68. The number of β-amino-alcohol motifs (C(OH)–C–C–N with tert-alkyl or cyclic N) is 1. The van der Waals surface area contributed by atoms with E-state index < -0.39 is 6.10 Å². The van der Waals surface area contributed by atoms with Crippen molar-refractivity contribution in [3.8, 4) is 28.9 Å². The molecule has 8 nitrogen and oxygen atoms in total. The lowest BCUT2D eigenvalue weighted by atomic mass is 10.00. The number of nitrogens with one attached hydrogen (secondary N) is 1. The van der Waals surface area contributed by atoms with Crippen LogP contribution in [0.1, 0.15) is 30.5 Å². The zero-order chi connectivity index (χ0) is 23.4. The van der Waals surface area contributed by atoms with E-state index >= 15 is 0 Å². The molecular formula is C25H29N5O3. The van der Waals surface area contributed by atoms with Crippen LogP contribution in [0, 0.1) is 11.3 Å². The molecule has 0 amide bonds. The maximum atomic E-state index is 9.75. The molecule has 2 aromatic carbocycles. The number of anilines is 1. The molecule has 1 atom stereocenters. The van der Waals surface area contributed by atoms with Crippen molar-refractivity contribution >= 4 is 5.69 Å². The number of aliphatic hydroxyl groups is 2. The van der Waals surface area contributed by atoms with E-state index in [1.165, 1.54) is 11.1 Å². The SMILES string of the molecule is CC(C)Nc1ccc(-c2nc(-c3ccc4c(c3)CCN(CC(O)CO)CC4)no2)cc1C#N. The zero-order valence-electron chi connectivity index (χ0n) is 19.0. The molecule has 0 saturated carbocycles. The molecule has 0 saturated heterocycles. The van der Waals surface area contributed by atoms with Crippen LogP contribution in [0.4, 0.5) is 5.69 Å². The molecule has 1 aliphatic heterocycles. The first-order chi connectivity index (χ1) is 16.0. The third kappa shape index (κ3) is 5.40. The van der Waals surface area contributed by atoms with Gasteiger partial charge in [-0.25, -0.2) is 0 Å². The fraction of sp³-hybridized carbons (Fsp3) is 0.400. The molecule has 2 heterocycles. The van der Waals surface area contributed by atoms with Crippen LogP contribution in [0.25, 0.3) is 22.8 Å². The summed E-state index contributed by atoms with van der Waals surface area (Å²) in [5.74, 6) is 0.879. The van der Waals surface area contributed by atoms with Gasteiger partial charge in [0.1, 0.15) is 6.07 Å². The fourth-order valence-electron chi connectivity index (χ4n) is 4.11. The van der Waals surface area contributed by atoms with Crippen LogP contribution in [0.2, 0.25) is 0 Å². The van der Waals surface area contributed by atoms with Gasteiger partial charge in [0.2, 0.25) is 5.82 Å². The number of fused-ring (bicyclic) bond motifs is 1. The van der Waals surface area contributed by atoms with Crippen molar-refractivity contribution in [2.24, 2.45) is 0 Å². The zero-order valence-corrected chi connectivity index (χ0v) is 19.0. The van der Waals surface area contributed by atoms with Crippen molar-refractivity contribution in [1.29, 1.82) is 5.26 Å². The molecular weight excluding hydrogens is 418 g/mol. The van der Waals surface area contributed by atoms with E-state index in [0.717, 1.165) is 37.2 Å². The monoisotopic (exact) mass is 447 g/mol. The summed E-state index contributed by atoms with van der Waals surface area (Å²) in [6, 6.07) is 14.1.